The minimum atomic E-state index is -3.42. The average molecular weight is 267 g/mol. The van der Waals surface area contributed by atoms with E-state index in [0.29, 0.717) is 5.69 Å². The Balaban J connectivity index is 1.75. The predicted molar refractivity (Wildman–Crippen MR) is 70.6 cm³/mol. The van der Waals surface area contributed by atoms with Crippen LogP contribution in [0.3, 0.4) is 0 Å². The van der Waals surface area contributed by atoms with Crippen molar-refractivity contribution in [1.82, 2.24) is 10.0 Å². The minimum absolute atomic E-state index is 0.127. The van der Waals surface area contributed by atoms with Crippen molar-refractivity contribution in [2.75, 3.05) is 11.3 Å². The molecule has 6 heteroatoms. The first kappa shape index (κ1) is 12.0. The molecule has 18 heavy (non-hydrogen) atoms. The Hall–Kier alpha value is -1.11. The molecular weight excluding hydrogens is 250 g/mol. The van der Waals surface area contributed by atoms with Gasteiger partial charge in [0.1, 0.15) is 0 Å². The van der Waals surface area contributed by atoms with Gasteiger partial charge in [-0.05, 0) is 49.1 Å². The second-order valence-electron chi connectivity index (χ2n) is 4.91. The van der Waals surface area contributed by atoms with E-state index in [0.717, 1.165) is 32.4 Å². The van der Waals surface area contributed by atoms with Crippen molar-refractivity contribution in [3.63, 3.8) is 0 Å². The van der Waals surface area contributed by atoms with Crippen molar-refractivity contribution in [2.24, 2.45) is 0 Å². The molecule has 1 fully saturated rings. The van der Waals surface area contributed by atoms with E-state index in [1.807, 2.05) is 18.2 Å². The Labute approximate surface area is 107 Å². The summed E-state index contributed by atoms with van der Waals surface area (Å²) in [7, 11) is -3.42. The van der Waals surface area contributed by atoms with Crippen LogP contribution in [-0.2, 0) is 23.2 Å². The largest absolute Gasteiger partial charge is 0.312 e. The fraction of sp³-hybridized carbons (Fsp3) is 0.500. The summed E-state index contributed by atoms with van der Waals surface area (Å²) < 4.78 is 28.7. The van der Waals surface area contributed by atoms with Gasteiger partial charge in [-0.2, -0.15) is 13.1 Å². The lowest BCUT2D eigenvalue weighted by Crippen LogP contribution is -2.32. The Bertz CT molecular complexity index is 552. The summed E-state index contributed by atoms with van der Waals surface area (Å²) in [6.45, 7) is 1.79. The first-order chi connectivity index (χ1) is 8.62. The van der Waals surface area contributed by atoms with Crippen LogP contribution < -0.4 is 14.8 Å². The van der Waals surface area contributed by atoms with E-state index in [9.17, 15) is 8.42 Å². The first-order valence-corrected chi connectivity index (χ1v) is 7.73. The van der Waals surface area contributed by atoms with E-state index < -0.39 is 10.2 Å². The van der Waals surface area contributed by atoms with Crippen LogP contribution in [0.4, 0.5) is 5.69 Å². The normalized spacial score (nSPS) is 19.3. The van der Waals surface area contributed by atoms with Crippen LogP contribution in [0, 0.1) is 0 Å². The molecule has 0 bridgehead atoms. The quantitative estimate of drug-likeness (QED) is 0.753. The molecule has 0 atom stereocenters. The van der Waals surface area contributed by atoms with Gasteiger partial charge in [0, 0.05) is 12.6 Å². The van der Waals surface area contributed by atoms with Gasteiger partial charge in [-0.3, -0.25) is 4.72 Å². The summed E-state index contributed by atoms with van der Waals surface area (Å²) in [6, 6.07) is 5.87. The Morgan fingerprint density at radius 2 is 2.06 bits per heavy atom. The van der Waals surface area contributed by atoms with Crippen molar-refractivity contribution < 1.29 is 8.42 Å². The number of benzene rings is 1. The first-order valence-electron chi connectivity index (χ1n) is 6.25. The zero-order valence-electron chi connectivity index (χ0n) is 10.1. The van der Waals surface area contributed by atoms with Gasteiger partial charge in [0.05, 0.1) is 5.69 Å². The van der Waals surface area contributed by atoms with E-state index >= 15 is 0 Å². The molecule has 1 aromatic rings. The molecular formula is C12H17N3O2S. The third-order valence-corrected chi connectivity index (χ3v) is 4.39. The van der Waals surface area contributed by atoms with E-state index in [1.165, 1.54) is 11.1 Å². The van der Waals surface area contributed by atoms with E-state index in [1.54, 1.807) is 0 Å². The van der Waals surface area contributed by atoms with Crippen molar-refractivity contribution in [1.29, 1.82) is 0 Å². The number of hydrogen-bond donors (Lipinski definition) is 3. The van der Waals surface area contributed by atoms with Gasteiger partial charge >= 0.3 is 0 Å². The maximum atomic E-state index is 11.8. The molecule has 1 aliphatic carbocycles. The summed E-state index contributed by atoms with van der Waals surface area (Å²) in [5.74, 6) is 0. The third-order valence-electron chi connectivity index (χ3n) is 3.24. The fourth-order valence-electron chi connectivity index (χ4n) is 2.15. The highest BCUT2D eigenvalue weighted by atomic mass is 32.2. The fourth-order valence-corrected chi connectivity index (χ4v) is 3.32. The van der Waals surface area contributed by atoms with E-state index in [4.69, 9.17) is 0 Å². The van der Waals surface area contributed by atoms with Crippen LogP contribution in [0.5, 0.6) is 0 Å². The van der Waals surface area contributed by atoms with Crippen molar-refractivity contribution >= 4 is 15.9 Å². The monoisotopic (exact) mass is 267 g/mol. The highest BCUT2D eigenvalue weighted by molar-refractivity contribution is 7.90. The van der Waals surface area contributed by atoms with Crippen molar-refractivity contribution in [3.8, 4) is 0 Å². The number of rotatable bonds is 4. The minimum Gasteiger partial charge on any atom is -0.312 e. The molecule has 1 aromatic carbocycles. The molecule has 98 valence electrons. The summed E-state index contributed by atoms with van der Waals surface area (Å²) >= 11 is 0. The van der Waals surface area contributed by atoms with Crippen LogP contribution in [0.15, 0.2) is 18.2 Å². The molecule has 1 heterocycles. The highest BCUT2D eigenvalue weighted by Crippen LogP contribution is 2.22. The average Bonchev–Trinajstić information content (AvgIpc) is 3.11. The number of anilines is 1. The Kier molecular flexibility index (Phi) is 3.01. The van der Waals surface area contributed by atoms with Crippen molar-refractivity contribution in [3.05, 3.63) is 29.3 Å². The van der Waals surface area contributed by atoms with Crippen LogP contribution in [0.25, 0.3) is 0 Å². The molecule has 0 aromatic heterocycles. The lowest BCUT2D eigenvalue weighted by atomic mass is 10.0. The summed E-state index contributed by atoms with van der Waals surface area (Å²) in [5, 5.41) is 3.28. The summed E-state index contributed by atoms with van der Waals surface area (Å²) in [4.78, 5) is 0. The van der Waals surface area contributed by atoms with Gasteiger partial charge in [-0.1, -0.05) is 6.07 Å². The molecule has 0 saturated heterocycles. The molecule has 1 saturated carbocycles. The molecule has 0 amide bonds. The van der Waals surface area contributed by atoms with Crippen molar-refractivity contribution in [2.45, 2.75) is 31.8 Å². The van der Waals surface area contributed by atoms with E-state index in [-0.39, 0.29) is 6.04 Å². The lowest BCUT2D eigenvalue weighted by molar-refractivity contribution is 0.586. The lowest BCUT2D eigenvalue weighted by Gasteiger charge is -2.18. The van der Waals surface area contributed by atoms with Gasteiger partial charge in [0.15, 0.2) is 0 Å². The zero-order valence-corrected chi connectivity index (χ0v) is 10.9. The van der Waals surface area contributed by atoms with Crippen LogP contribution in [-0.4, -0.2) is 21.0 Å². The van der Waals surface area contributed by atoms with Gasteiger partial charge in [0.25, 0.3) is 10.2 Å². The standard InChI is InChI=1S/C12H17N3O2S/c16-18(17,14-11-3-4-11)15-12-2-1-9-5-6-13-8-10(9)7-12/h1-2,7,11,13-15H,3-6,8H2. The Morgan fingerprint density at radius 3 is 2.83 bits per heavy atom. The van der Waals surface area contributed by atoms with Gasteiger partial charge in [0.2, 0.25) is 0 Å². The maximum absolute atomic E-state index is 11.8. The molecule has 3 N–H and O–H groups in total. The molecule has 0 radical (unpaired) electrons. The highest BCUT2D eigenvalue weighted by Gasteiger charge is 2.26. The SMILES string of the molecule is O=S(=O)(Nc1ccc2c(c1)CNCC2)NC1CC1. The maximum Gasteiger partial charge on any atom is 0.299 e. The molecule has 1 aliphatic heterocycles. The summed E-state index contributed by atoms with van der Waals surface area (Å²) in [5.41, 5.74) is 3.10. The molecule has 3 rings (SSSR count). The van der Waals surface area contributed by atoms with Crippen LogP contribution in [0.2, 0.25) is 0 Å². The topological polar surface area (TPSA) is 70.2 Å². The zero-order chi connectivity index (χ0) is 12.6. The molecule has 0 unspecified atom stereocenters. The molecule has 0 spiro atoms. The van der Waals surface area contributed by atoms with Crippen LogP contribution >= 0.6 is 0 Å². The van der Waals surface area contributed by atoms with E-state index in [2.05, 4.69) is 14.8 Å². The third kappa shape index (κ3) is 2.82. The number of nitrogens with one attached hydrogen (secondary N) is 3. The smallest absolute Gasteiger partial charge is 0.299 e. The summed E-state index contributed by atoms with van der Waals surface area (Å²) in [6.07, 6.45) is 2.88. The number of fused-ring (bicyclic) bond motifs is 1. The molecule has 5 nitrogen and oxygen atoms in total. The number of hydrogen-bond acceptors (Lipinski definition) is 3. The second kappa shape index (κ2) is 4.53. The van der Waals surface area contributed by atoms with Gasteiger partial charge < -0.3 is 5.32 Å². The van der Waals surface area contributed by atoms with Gasteiger partial charge in [-0.25, -0.2) is 0 Å². The predicted octanol–water partition coefficient (Wildman–Crippen LogP) is 0.741. The van der Waals surface area contributed by atoms with Gasteiger partial charge in [-0.15, -0.1) is 0 Å². The Morgan fingerprint density at radius 1 is 1.22 bits per heavy atom. The molecule has 2 aliphatic rings. The second-order valence-corrected chi connectivity index (χ2v) is 6.35. The van der Waals surface area contributed by atoms with Crippen LogP contribution in [0.1, 0.15) is 24.0 Å².